The van der Waals surface area contributed by atoms with Crippen LogP contribution in [0.15, 0.2) is 36.5 Å². The quantitative estimate of drug-likeness (QED) is 0.510. The van der Waals surface area contributed by atoms with Gasteiger partial charge in [-0.3, -0.25) is 0 Å². The lowest BCUT2D eigenvalue weighted by atomic mass is 10.00. The van der Waals surface area contributed by atoms with Crippen LogP contribution in [0.1, 0.15) is 42.5 Å². The van der Waals surface area contributed by atoms with Crippen molar-refractivity contribution >= 4 is 21.9 Å². The van der Waals surface area contributed by atoms with Crippen LogP contribution in [-0.2, 0) is 0 Å². The molecule has 0 aliphatic rings. The molecule has 2 heterocycles. The molecule has 0 amide bonds. The highest BCUT2D eigenvalue weighted by Crippen LogP contribution is 2.38. The van der Waals surface area contributed by atoms with Gasteiger partial charge in [-0.25, -0.2) is 4.98 Å². The van der Waals surface area contributed by atoms with Crippen LogP contribution < -0.4 is 4.74 Å². The Morgan fingerprint density at radius 1 is 1.22 bits per heavy atom. The molecule has 0 radical (unpaired) electrons. The Morgan fingerprint density at radius 2 is 2.04 bits per heavy atom. The van der Waals surface area contributed by atoms with Gasteiger partial charge in [-0.2, -0.15) is 5.26 Å². The van der Waals surface area contributed by atoms with Gasteiger partial charge in [-0.05, 0) is 56.7 Å². The number of aliphatic hydroxyl groups is 1. The highest BCUT2D eigenvalue weighted by atomic mass is 16.5. The minimum Gasteiger partial charge on any atom is -0.491 e. The Kier molecular flexibility index (Phi) is 4.09. The van der Waals surface area contributed by atoms with Crippen molar-refractivity contribution in [1.29, 1.82) is 5.26 Å². The van der Waals surface area contributed by atoms with Gasteiger partial charge in [-0.1, -0.05) is 0 Å². The van der Waals surface area contributed by atoms with Gasteiger partial charge >= 0.3 is 0 Å². The number of ether oxygens (including phenoxy) is 1. The van der Waals surface area contributed by atoms with E-state index < -0.39 is 6.10 Å². The van der Waals surface area contributed by atoms with Crippen LogP contribution in [0.3, 0.4) is 0 Å². The maximum absolute atomic E-state index is 11.2. The normalized spacial score (nSPS) is 12.6. The maximum atomic E-state index is 11.2. The van der Waals surface area contributed by atoms with Crippen molar-refractivity contribution in [3.8, 4) is 11.8 Å². The zero-order valence-electron chi connectivity index (χ0n) is 15.4. The molecule has 6 heteroatoms. The lowest BCUT2D eigenvalue weighted by Gasteiger charge is -2.19. The van der Waals surface area contributed by atoms with Gasteiger partial charge in [0.2, 0.25) is 0 Å². The first-order valence-electron chi connectivity index (χ1n) is 8.83. The molecule has 3 N–H and O–H groups in total. The number of aliphatic hydroxyl groups excluding tert-OH is 1. The number of nitrogens with zero attached hydrogens (tertiary/aromatic N) is 2. The summed E-state index contributed by atoms with van der Waals surface area (Å²) in [5.74, 6) is 1.06. The Hall–Kier alpha value is -3.30. The number of fused-ring (bicyclic) bond motifs is 2. The first-order chi connectivity index (χ1) is 13.0. The van der Waals surface area contributed by atoms with E-state index in [0.29, 0.717) is 28.2 Å². The van der Waals surface area contributed by atoms with E-state index in [9.17, 15) is 5.11 Å². The van der Waals surface area contributed by atoms with Crippen LogP contribution in [0.4, 0.5) is 0 Å². The van der Waals surface area contributed by atoms with E-state index >= 15 is 0 Å². The maximum Gasteiger partial charge on any atom is 0.141 e. The van der Waals surface area contributed by atoms with Crippen LogP contribution in [0, 0.1) is 18.3 Å². The number of imidazole rings is 1. The van der Waals surface area contributed by atoms with Gasteiger partial charge < -0.3 is 19.8 Å². The molecule has 27 heavy (non-hydrogen) atoms. The van der Waals surface area contributed by atoms with Crippen molar-refractivity contribution in [2.24, 2.45) is 0 Å². The van der Waals surface area contributed by atoms with E-state index in [-0.39, 0.29) is 6.10 Å². The van der Waals surface area contributed by atoms with Crippen LogP contribution in [0.2, 0.25) is 0 Å². The molecule has 0 saturated carbocycles. The highest BCUT2D eigenvalue weighted by molar-refractivity contribution is 5.89. The summed E-state index contributed by atoms with van der Waals surface area (Å²) in [6, 6.07) is 11.2. The van der Waals surface area contributed by atoms with Crippen molar-refractivity contribution in [2.45, 2.75) is 33.0 Å². The Bertz CT molecular complexity index is 1180. The smallest absolute Gasteiger partial charge is 0.141 e. The van der Waals surface area contributed by atoms with Crippen molar-refractivity contribution in [3.63, 3.8) is 0 Å². The van der Waals surface area contributed by atoms with Crippen molar-refractivity contribution in [3.05, 3.63) is 59.0 Å². The minimum absolute atomic E-state index is 0.0272. The van der Waals surface area contributed by atoms with Crippen molar-refractivity contribution in [1.82, 2.24) is 15.0 Å². The van der Waals surface area contributed by atoms with Gasteiger partial charge in [0.15, 0.2) is 0 Å². The third-order valence-corrected chi connectivity index (χ3v) is 4.57. The molecule has 0 spiro atoms. The molecular weight excluding hydrogens is 340 g/mol. The second-order valence-corrected chi connectivity index (χ2v) is 6.91. The molecule has 1 atom stereocenters. The van der Waals surface area contributed by atoms with Gasteiger partial charge in [-0.15, -0.1) is 0 Å². The largest absolute Gasteiger partial charge is 0.491 e. The SMILES string of the molecule is Cc1cc(OC(C)C)c(C(O)c2nc3cc(C#N)ccc3[nH]2)c2cc[nH]c12. The van der Waals surface area contributed by atoms with Gasteiger partial charge in [0.25, 0.3) is 0 Å². The summed E-state index contributed by atoms with van der Waals surface area (Å²) in [7, 11) is 0. The Labute approximate surface area is 156 Å². The third-order valence-electron chi connectivity index (χ3n) is 4.57. The zero-order chi connectivity index (χ0) is 19.1. The molecule has 0 fully saturated rings. The first-order valence-corrected chi connectivity index (χ1v) is 8.83. The van der Waals surface area contributed by atoms with Crippen molar-refractivity contribution < 1.29 is 9.84 Å². The number of nitriles is 1. The molecular formula is C21H20N4O2. The summed E-state index contributed by atoms with van der Waals surface area (Å²) >= 11 is 0. The molecule has 0 aliphatic heterocycles. The van der Waals surface area contributed by atoms with Gasteiger partial charge in [0.1, 0.15) is 17.7 Å². The third kappa shape index (κ3) is 2.92. The Morgan fingerprint density at radius 3 is 2.78 bits per heavy atom. The monoisotopic (exact) mass is 360 g/mol. The standard InChI is InChI=1S/C21H20N4O2/c1-11(2)27-17-8-12(3)19-14(6-7-23-19)18(17)20(26)21-24-15-5-4-13(10-22)9-16(15)25-21/h4-9,11,20,23,26H,1-3H3,(H,24,25). The number of rotatable bonds is 4. The molecule has 4 rings (SSSR count). The molecule has 0 saturated heterocycles. The average molecular weight is 360 g/mol. The van der Waals surface area contributed by atoms with Crippen LogP contribution in [0.25, 0.3) is 21.9 Å². The molecule has 0 bridgehead atoms. The molecule has 2 aromatic heterocycles. The number of aryl methyl sites for hydroxylation is 1. The predicted molar refractivity (Wildman–Crippen MR) is 104 cm³/mol. The van der Waals surface area contributed by atoms with Gasteiger partial charge in [0.05, 0.1) is 28.8 Å². The molecule has 1 unspecified atom stereocenters. The van der Waals surface area contributed by atoms with E-state index in [1.165, 1.54) is 0 Å². The second kappa shape index (κ2) is 6.45. The number of H-pyrrole nitrogens is 2. The van der Waals surface area contributed by atoms with E-state index in [4.69, 9.17) is 10.00 Å². The number of hydrogen-bond donors (Lipinski definition) is 3. The van der Waals surface area contributed by atoms with E-state index in [0.717, 1.165) is 22.0 Å². The Balaban J connectivity index is 1.89. The molecule has 136 valence electrons. The molecule has 0 aliphatic carbocycles. The number of aromatic amines is 2. The molecule has 6 nitrogen and oxygen atoms in total. The predicted octanol–water partition coefficient (Wildman–Crippen LogP) is 4.09. The zero-order valence-corrected chi connectivity index (χ0v) is 15.4. The summed E-state index contributed by atoms with van der Waals surface area (Å²) in [4.78, 5) is 10.9. The van der Waals surface area contributed by atoms with E-state index in [2.05, 4.69) is 21.0 Å². The summed E-state index contributed by atoms with van der Waals surface area (Å²) in [5, 5.41) is 21.1. The van der Waals surface area contributed by atoms with Crippen molar-refractivity contribution in [2.75, 3.05) is 0 Å². The van der Waals surface area contributed by atoms with Gasteiger partial charge in [0, 0.05) is 22.7 Å². The fraction of sp³-hybridized carbons (Fsp3) is 0.238. The lowest BCUT2D eigenvalue weighted by molar-refractivity contribution is 0.193. The fourth-order valence-corrected chi connectivity index (χ4v) is 3.39. The van der Waals surface area contributed by atoms with E-state index in [1.54, 1.807) is 18.2 Å². The fourth-order valence-electron chi connectivity index (χ4n) is 3.39. The topological polar surface area (TPSA) is 97.7 Å². The number of aromatic nitrogens is 3. The molecule has 2 aromatic carbocycles. The number of hydrogen-bond acceptors (Lipinski definition) is 4. The van der Waals surface area contributed by atoms with E-state index in [1.807, 2.05) is 39.1 Å². The summed E-state index contributed by atoms with van der Waals surface area (Å²) < 4.78 is 6.00. The van der Waals surface area contributed by atoms with Crippen LogP contribution >= 0.6 is 0 Å². The second-order valence-electron chi connectivity index (χ2n) is 6.91. The highest BCUT2D eigenvalue weighted by Gasteiger charge is 2.24. The molecule has 4 aromatic rings. The summed E-state index contributed by atoms with van der Waals surface area (Å²) in [6.07, 6.45) is 0.835. The van der Waals surface area contributed by atoms with Crippen LogP contribution in [-0.4, -0.2) is 26.2 Å². The minimum atomic E-state index is -0.990. The first kappa shape index (κ1) is 17.1. The average Bonchev–Trinajstić information content (AvgIpc) is 3.27. The summed E-state index contributed by atoms with van der Waals surface area (Å²) in [5.41, 5.74) is 4.62. The number of benzene rings is 2. The van der Waals surface area contributed by atoms with Crippen LogP contribution in [0.5, 0.6) is 5.75 Å². The lowest BCUT2D eigenvalue weighted by Crippen LogP contribution is -2.11. The number of nitrogens with one attached hydrogen (secondary N) is 2. The summed E-state index contributed by atoms with van der Waals surface area (Å²) in [6.45, 7) is 5.92.